The van der Waals surface area contributed by atoms with Crippen LogP contribution in [0.1, 0.15) is 23.7 Å². The molecule has 0 unspecified atom stereocenters. The van der Waals surface area contributed by atoms with Crippen LogP contribution in [0.5, 0.6) is 5.75 Å². The lowest BCUT2D eigenvalue weighted by molar-refractivity contribution is 0.102. The Bertz CT molecular complexity index is 802. The molecular formula is C17H20N2O4S. The third-order valence-corrected chi connectivity index (χ3v) is 4.73. The van der Waals surface area contributed by atoms with E-state index in [0.29, 0.717) is 17.9 Å². The molecule has 2 N–H and O–H groups in total. The van der Waals surface area contributed by atoms with Crippen molar-refractivity contribution in [3.05, 3.63) is 54.1 Å². The number of para-hydroxylation sites is 1. The van der Waals surface area contributed by atoms with Crippen LogP contribution in [0, 0.1) is 0 Å². The molecule has 24 heavy (non-hydrogen) atoms. The summed E-state index contributed by atoms with van der Waals surface area (Å²) in [6.45, 7) is 1.78. The summed E-state index contributed by atoms with van der Waals surface area (Å²) in [6.07, 6.45) is 0.496. The third kappa shape index (κ3) is 4.73. The number of anilines is 2. The van der Waals surface area contributed by atoms with E-state index >= 15 is 0 Å². The summed E-state index contributed by atoms with van der Waals surface area (Å²) < 4.78 is 31.4. The summed E-state index contributed by atoms with van der Waals surface area (Å²) in [6, 6.07) is 13.4. The Morgan fingerprint density at radius 1 is 1.08 bits per heavy atom. The zero-order valence-electron chi connectivity index (χ0n) is 13.6. The van der Waals surface area contributed by atoms with E-state index in [9.17, 15) is 13.2 Å². The molecule has 1 amide bonds. The van der Waals surface area contributed by atoms with Gasteiger partial charge < -0.3 is 10.1 Å². The number of nitrogens with one attached hydrogen (secondary N) is 2. The van der Waals surface area contributed by atoms with Gasteiger partial charge in [0.15, 0.2) is 0 Å². The van der Waals surface area contributed by atoms with Crippen LogP contribution in [0.25, 0.3) is 0 Å². The highest BCUT2D eigenvalue weighted by atomic mass is 32.2. The number of rotatable bonds is 7. The van der Waals surface area contributed by atoms with Gasteiger partial charge in [-0.1, -0.05) is 19.1 Å². The normalized spacial score (nSPS) is 10.9. The molecule has 128 valence electrons. The van der Waals surface area contributed by atoms with Crippen LogP contribution in [0.3, 0.4) is 0 Å². The fourth-order valence-corrected chi connectivity index (χ4v) is 3.28. The zero-order valence-corrected chi connectivity index (χ0v) is 14.4. The fourth-order valence-electron chi connectivity index (χ4n) is 2.13. The highest BCUT2D eigenvalue weighted by Crippen LogP contribution is 2.20. The van der Waals surface area contributed by atoms with Crippen molar-refractivity contribution in [2.24, 2.45) is 0 Å². The van der Waals surface area contributed by atoms with Crippen LogP contribution in [0.4, 0.5) is 11.4 Å². The van der Waals surface area contributed by atoms with Gasteiger partial charge in [-0.3, -0.25) is 9.52 Å². The summed E-state index contributed by atoms with van der Waals surface area (Å²) in [5.74, 6) is 0.289. The van der Waals surface area contributed by atoms with Crippen molar-refractivity contribution in [2.45, 2.75) is 13.3 Å². The molecule has 0 bridgehead atoms. The van der Waals surface area contributed by atoms with Crippen LogP contribution < -0.4 is 14.8 Å². The van der Waals surface area contributed by atoms with Crippen LogP contribution in [0.2, 0.25) is 0 Å². The first-order valence-corrected chi connectivity index (χ1v) is 9.15. The Hall–Kier alpha value is -2.54. The second-order valence-electron chi connectivity index (χ2n) is 5.15. The van der Waals surface area contributed by atoms with E-state index in [2.05, 4.69) is 10.0 Å². The molecule has 0 radical (unpaired) electrons. The summed E-state index contributed by atoms with van der Waals surface area (Å²) in [7, 11) is -1.91. The lowest BCUT2D eigenvalue weighted by Crippen LogP contribution is -2.20. The van der Waals surface area contributed by atoms with Crippen molar-refractivity contribution in [3.8, 4) is 5.75 Å². The van der Waals surface area contributed by atoms with Crippen molar-refractivity contribution in [1.82, 2.24) is 0 Å². The summed E-state index contributed by atoms with van der Waals surface area (Å²) in [5.41, 5.74) is 1.11. The number of carbonyl (C=O) groups is 1. The quantitative estimate of drug-likeness (QED) is 0.805. The molecule has 2 aromatic carbocycles. The largest absolute Gasteiger partial charge is 0.497 e. The van der Waals surface area contributed by atoms with Gasteiger partial charge in [-0.2, -0.15) is 0 Å². The van der Waals surface area contributed by atoms with Gasteiger partial charge in [0, 0.05) is 5.69 Å². The maximum absolute atomic E-state index is 12.5. The molecule has 0 aliphatic heterocycles. The molecule has 0 aromatic heterocycles. The number of carbonyl (C=O) groups excluding carboxylic acids is 1. The Morgan fingerprint density at radius 3 is 2.38 bits per heavy atom. The molecule has 2 aromatic rings. The first kappa shape index (κ1) is 17.8. The van der Waals surface area contributed by atoms with E-state index in [-0.39, 0.29) is 17.0 Å². The van der Waals surface area contributed by atoms with E-state index in [1.165, 1.54) is 0 Å². The zero-order chi connectivity index (χ0) is 17.6. The lowest BCUT2D eigenvalue weighted by Gasteiger charge is -2.12. The average Bonchev–Trinajstić information content (AvgIpc) is 2.55. The number of hydrogen-bond acceptors (Lipinski definition) is 4. The highest BCUT2D eigenvalue weighted by molar-refractivity contribution is 7.92. The maximum atomic E-state index is 12.5. The summed E-state index contributed by atoms with van der Waals surface area (Å²) in [4.78, 5) is 12.5. The standard InChI is InChI=1S/C17H20N2O4S/c1-3-12-24(21,22)19-16-7-5-4-6-15(16)17(20)18-13-8-10-14(23-2)11-9-13/h4-11,19H,3,12H2,1-2H3,(H,18,20). The van der Waals surface area contributed by atoms with Crippen molar-refractivity contribution < 1.29 is 17.9 Å². The molecule has 0 spiro atoms. The summed E-state index contributed by atoms with van der Waals surface area (Å²) in [5, 5.41) is 2.74. The van der Waals surface area contributed by atoms with Gasteiger partial charge in [0.25, 0.3) is 5.91 Å². The van der Waals surface area contributed by atoms with Crippen molar-refractivity contribution in [1.29, 1.82) is 0 Å². The van der Waals surface area contributed by atoms with Gasteiger partial charge >= 0.3 is 0 Å². The Morgan fingerprint density at radius 2 is 1.75 bits per heavy atom. The third-order valence-electron chi connectivity index (χ3n) is 3.26. The average molecular weight is 348 g/mol. The molecule has 0 saturated heterocycles. The van der Waals surface area contributed by atoms with Gasteiger partial charge in [0.2, 0.25) is 10.0 Å². The van der Waals surface area contributed by atoms with Gasteiger partial charge in [0.1, 0.15) is 5.75 Å². The molecule has 6 nitrogen and oxygen atoms in total. The Labute approximate surface area is 141 Å². The Kier molecular flexibility index (Phi) is 5.81. The maximum Gasteiger partial charge on any atom is 0.257 e. The van der Waals surface area contributed by atoms with E-state index in [1.807, 2.05) is 0 Å². The molecule has 0 heterocycles. The number of hydrogen-bond donors (Lipinski definition) is 2. The minimum absolute atomic E-state index is 0.00142. The van der Waals surface area contributed by atoms with E-state index < -0.39 is 15.9 Å². The molecule has 0 saturated carbocycles. The van der Waals surface area contributed by atoms with Crippen LogP contribution in [-0.4, -0.2) is 27.2 Å². The van der Waals surface area contributed by atoms with Gasteiger partial charge in [-0.05, 0) is 42.8 Å². The van der Waals surface area contributed by atoms with E-state index in [0.717, 1.165) is 0 Å². The number of ether oxygens (including phenoxy) is 1. The smallest absolute Gasteiger partial charge is 0.257 e. The van der Waals surface area contributed by atoms with Crippen molar-refractivity contribution in [2.75, 3.05) is 22.9 Å². The molecule has 0 aliphatic carbocycles. The minimum atomic E-state index is -3.47. The topological polar surface area (TPSA) is 84.5 Å². The SMILES string of the molecule is CCCS(=O)(=O)Nc1ccccc1C(=O)Nc1ccc(OC)cc1. The molecule has 0 atom stereocenters. The molecule has 0 aliphatic rings. The summed E-state index contributed by atoms with van der Waals surface area (Å²) >= 11 is 0. The highest BCUT2D eigenvalue weighted by Gasteiger charge is 2.16. The van der Waals surface area contributed by atoms with Crippen LogP contribution in [-0.2, 0) is 10.0 Å². The lowest BCUT2D eigenvalue weighted by atomic mass is 10.1. The second-order valence-corrected chi connectivity index (χ2v) is 6.99. The van der Waals surface area contributed by atoms with Crippen LogP contribution >= 0.6 is 0 Å². The van der Waals surface area contributed by atoms with E-state index in [4.69, 9.17) is 4.74 Å². The molecule has 2 rings (SSSR count). The number of methoxy groups -OCH3 is 1. The molecule has 7 heteroatoms. The van der Waals surface area contributed by atoms with Crippen molar-refractivity contribution in [3.63, 3.8) is 0 Å². The number of amides is 1. The first-order valence-electron chi connectivity index (χ1n) is 7.50. The number of benzene rings is 2. The molecule has 0 fully saturated rings. The Balaban J connectivity index is 2.20. The predicted octanol–water partition coefficient (Wildman–Crippen LogP) is 3.10. The monoisotopic (exact) mass is 348 g/mol. The van der Waals surface area contributed by atoms with Gasteiger partial charge in [0.05, 0.1) is 24.1 Å². The first-order chi connectivity index (χ1) is 11.4. The fraction of sp³-hybridized carbons (Fsp3) is 0.235. The number of sulfonamides is 1. The van der Waals surface area contributed by atoms with Crippen molar-refractivity contribution >= 4 is 27.3 Å². The predicted molar refractivity (Wildman–Crippen MR) is 95.1 cm³/mol. The molecular weight excluding hydrogens is 328 g/mol. The van der Waals surface area contributed by atoms with Gasteiger partial charge in [-0.25, -0.2) is 8.42 Å². The van der Waals surface area contributed by atoms with Gasteiger partial charge in [-0.15, -0.1) is 0 Å². The minimum Gasteiger partial charge on any atom is -0.497 e. The second kappa shape index (κ2) is 7.83. The van der Waals surface area contributed by atoms with E-state index in [1.54, 1.807) is 62.6 Å². The van der Waals surface area contributed by atoms with Crippen LogP contribution in [0.15, 0.2) is 48.5 Å².